The lowest BCUT2D eigenvalue weighted by Gasteiger charge is -2.41. The third-order valence-corrected chi connectivity index (χ3v) is 8.49. The zero-order valence-corrected chi connectivity index (χ0v) is 27.6. The summed E-state index contributed by atoms with van der Waals surface area (Å²) in [6.07, 6.45) is 3.03. The summed E-state index contributed by atoms with van der Waals surface area (Å²) in [5.41, 5.74) is 0.600. The molecule has 0 spiro atoms. The molecule has 0 aliphatic carbocycles. The number of rotatable bonds is 5. The predicted molar refractivity (Wildman–Crippen MR) is 174 cm³/mol. The molecular formula is C33H38F2N6O3S. The number of benzene rings is 1. The van der Waals surface area contributed by atoms with Crippen LogP contribution in [0.2, 0.25) is 0 Å². The molecule has 0 saturated carbocycles. The first-order chi connectivity index (χ1) is 21.2. The average Bonchev–Trinajstić information content (AvgIpc) is 2.96. The van der Waals surface area contributed by atoms with Gasteiger partial charge < -0.3 is 14.5 Å². The van der Waals surface area contributed by atoms with Crippen molar-refractivity contribution < 1.29 is 18.3 Å². The molecule has 1 amide bonds. The Bertz CT molecular complexity index is 1840. The van der Waals surface area contributed by atoms with E-state index in [1.807, 2.05) is 53.4 Å². The zero-order valence-electron chi connectivity index (χ0n) is 26.8. The highest BCUT2D eigenvalue weighted by Crippen LogP contribution is 2.37. The molecule has 4 aromatic rings. The molecule has 12 heteroatoms. The van der Waals surface area contributed by atoms with Crippen molar-refractivity contribution in [3.05, 3.63) is 69.9 Å². The van der Waals surface area contributed by atoms with Gasteiger partial charge in [-0.2, -0.15) is 4.98 Å². The van der Waals surface area contributed by atoms with Crippen molar-refractivity contribution in [1.29, 1.82) is 0 Å². The number of ether oxygens (including phenoxy) is 1. The molecule has 0 bridgehead atoms. The van der Waals surface area contributed by atoms with E-state index >= 15 is 8.78 Å². The molecule has 1 aromatic carbocycles. The van der Waals surface area contributed by atoms with Crippen molar-refractivity contribution in [3.63, 3.8) is 0 Å². The van der Waals surface area contributed by atoms with Gasteiger partial charge in [0.25, 0.3) is 0 Å². The van der Waals surface area contributed by atoms with Crippen LogP contribution in [0.3, 0.4) is 0 Å². The van der Waals surface area contributed by atoms with Crippen LogP contribution in [0, 0.1) is 18.6 Å². The van der Waals surface area contributed by atoms with Crippen molar-refractivity contribution in [3.8, 4) is 16.9 Å². The van der Waals surface area contributed by atoms with Gasteiger partial charge in [-0.1, -0.05) is 19.9 Å². The smallest absolute Gasteiger partial charge is 0.410 e. The van der Waals surface area contributed by atoms with Crippen LogP contribution in [0.1, 0.15) is 58.7 Å². The molecule has 1 fully saturated rings. The number of aryl methyl sites for hydroxylation is 1. The highest BCUT2D eigenvalue weighted by Gasteiger charge is 2.33. The van der Waals surface area contributed by atoms with Crippen LogP contribution in [0.5, 0.6) is 0 Å². The fourth-order valence-corrected chi connectivity index (χ4v) is 6.27. The second-order valence-corrected chi connectivity index (χ2v) is 13.4. The summed E-state index contributed by atoms with van der Waals surface area (Å²) in [6, 6.07) is 7.31. The van der Waals surface area contributed by atoms with Crippen LogP contribution in [0.4, 0.5) is 19.4 Å². The van der Waals surface area contributed by atoms with Gasteiger partial charge in [-0.15, -0.1) is 11.8 Å². The predicted octanol–water partition coefficient (Wildman–Crippen LogP) is 6.72. The van der Waals surface area contributed by atoms with Gasteiger partial charge in [0.05, 0.1) is 22.3 Å². The molecule has 0 N–H and O–H groups in total. The van der Waals surface area contributed by atoms with Crippen LogP contribution in [0.25, 0.3) is 28.0 Å². The number of halogens is 2. The maximum Gasteiger partial charge on any atom is 0.410 e. The summed E-state index contributed by atoms with van der Waals surface area (Å²) in [7, 11) is 0. The van der Waals surface area contributed by atoms with E-state index in [9.17, 15) is 9.59 Å². The van der Waals surface area contributed by atoms with Crippen molar-refractivity contribution in [2.75, 3.05) is 30.8 Å². The number of hydrogen-bond acceptors (Lipinski definition) is 8. The number of amides is 1. The Labute approximate surface area is 265 Å². The number of piperazine rings is 1. The van der Waals surface area contributed by atoms with Crippen molar-refractivity contribution in [1.82, 2.24) is 24.4 Å². The molecule has 0 unspecified atom stereocenters. The lowest BCUT2D eigenvalue weighted by molar-refractivity contribution is 0.0218. The molecule has 0 radical (unpaired) electrons. The number of anilines is 1. The summed E-state index contributed by atoms with van der Waals surface area (Å²) in [6.45, 7) is 14.1. The maximum absolute atomic E-state index is 16.1. The standard InChI is InChI=1S/C33H38F2N6O3S/c1-18(2)26-28(19(3)12-13-36-26)41-30-21(16-23(35)27(37-30)25-22(34)10-9-11-24(25)45-8)29(38-31(41)42)40-15-14-39(17-20(40)4)32(43)44-33(5,6)7/h9-13,16,18,20H,14-15,17H2,1-8H3/t20-/m0/s1. The third-order valence-electron chi connectivity index (χ3n) is 7.71. The number of nitrogens with zero attached hydrogens (tertiary/aromatic N) is 6. The molecule has 9 nitrogen and oxygen atoms in total. The van der Waals surface area contributed by atoms with Crippen LogP contribution in [0.15, 0.2) is 46.2 Å². The fraction of sp³-hybridized carbons (Fsp3) is 0.424. The van der Waals surface area contributed by atoms with E-state index in [-0.39, 0.29) is 40.1 Å². The lowest BCUT2D eigenvalue weighted by atomic mass is 10.0. The second kappa shape index (κ2) is 12.4. The Morgan fingerprint density at radius 2 is 1.84 bits per heavy atom. The topological polar surface area (TPSA) is 93.5 Å². The van der Waals surface area contributed by atoms with Crippen LogP contribution in [-0.4, -0.2) is 68.0 Å². The van der Waals surface area contributed by atoms with Crippen molar-refractivity contribution in [2.45, 2.75) is 70.9 Å². The number of carbonyl (C=O) groups is 1. The van der Waals surface area contributed by atoms with E-state index < -0.39 is 29.0 Å². The summed E-state index contributed by atoms with van der Waals surface area (Å²) >= 11 is 1.27. The first-order valence-corrected chi connectivity index (χ1v) is 16.1. The quantitative estimate of drug-likeness (QED) is 0.223. The number of aromatic nitrogens is 4. The van der Waals surface area contributed by atoms with Crippen LogP contribution < -0.4 is 10.6 Å². The highest BCUT2D eigenvalue weighted by molar-refractivity contribution is 7.98. The molecule has 1 atom stereocenters. The normalized spacial score (nSPS) is 15.7. The SMILES string of the molecule is CSc1cccc(F)c1-c1nc2c(cc1F)c(N1CCN(C(=O)OC(C)(C)C)C[C@@H]1C)nc(=O)n2-c1c(C)ccnc1C(C)C. The fourth-order valence-electron chi connectivity index (χ4n) is 5.66. The van der Waals surface area contributed by atoms with E-state index in [1.54, 1.807) is 35.6 Å². The monoisotopic (exact) mass is 636 g/mol. The van der Waals surface area contributed by atoms with Gasteiger partial charge >= 0.3 is 11.8 Å². The molecule has 3 aromatic heterocycles. The highest BCUT2D eigenvalue weighted by atomic mass is 32.2. The Kier molecular flexibility index (Phi) is 8.90. The molecule has 1 saturated heterocycles. The number of hydrogen-bond donors (Lipinski definition) is 0. The van der Waals surface area contributed by atoms with Crippen LogP contribution >= 0.6 is 11.8 Å². The molecular weight excluding hydrogens is 598 g/mol. The van der Waals surface area contributed by atoms with E-state index in [4.69, 9.17) is 9.72 Å². The van der Waals surface area contributed by atoms with Gasteiger partial charge in [0, 0.05) is 36.8 Å². The van der Waals surface area contributed by atoms with Gasteiger partial charge in [-0.05, 0) is 76.6 Å². The Morgan fingerprint density at radius 1 is 1.11 bits per heavy atom. The number of fused-ring (bicyclic) bond motifs is 1. The minimum atomic E-state index is -0.747. The number of pyridine rings is 2. The van der Waals surface area contributed by atoms with Gasteiger partial charge in [0.15, 0.2) is 11.5 Å². The molecule has 5 rings (SSSR count). The summed E-state index contributed by atoms with van der Waals surface area (Å²) < 4.78 is 38.4. The van der Waals surface area contributed by atoms with E-state index in [2.05, 4.69) is 9.97 Å². The zero-order chi connectivity index (χ0) is 32.8. The Balaban J connectivity index is 1.75. The summed E-state index contributed by atoms with van der Waals surface area (Å²) in [5.74, 6) is -1.19. The maximum atomic E-state index is 16.1. The van der Waals surface area contributed by atoms with Crippen LogP contribution in [-0.2, 0) is 4.74 Å². The molecule has 45 heavy (non-hydrogen) atoms. The first kappa shape index (κ1) is 32.3. The molecule has 4 heterocycles. The number of thioether (sulfide) groups is 1. The van der Waals surface area contributed by atoms with Gasteiger partial charge in [0.1, 0.15) is 22.9 Å². The third kappa shape index (κ3) is 6.25. The second-order valence-electron chi connectivity index (χ2n) is 12.5. The molecule has 1 aliphatic heterocycles. The first-order valence-electron chi connectivity index (χ1n) is 14.9. The van der Waals surface area contributed by atoms with Gasteiger partial charge in [-0.3, -0.25) is 4.98 Å². The van der Waals surface area contributed by atoms with Gasteiger partial charge in [0.2, 0.25) is 0 Å². The Hall–Kier alpha value is -4.06. The summed E-state index contributed by atoms with van der Waals surface area (Å²) in [5, 5.41) is 0.286. The van der Waals surface area contributed by atoms with Gasteiger partial charge in [-0.25, -0.2) is 27.9 Å². The van der Waals surface area contributed by atoms with Crippen molar-refractivity contribution in [2.24, 2.45) is 0 Å². The summed E-state index contributed by atoms with van der Waals surface area (Å²) in [4.78, 5) is 44.7. The molecule has 238 valence electrons. The average molecular weight is 637 g/mol. The van der Waals surface area contributed by atoms with E-state index in [1.165, 1.54) is 28.5 Å². The minimum Gasteiger partial charge on any atom is -0.444 e. The van der Waals surface area contributed by atoms with Crippen molar-refractivity contribution >= 4 is 34.7 Å². The number of carbonyl (C=O) groups excluding carboxylic acids is 1. The largest absolute Gasteiger partial charge is 0.444 e. The lowest BCUT2D eigenvalue weighted by Crippen LogP contribution is -2.55. The van der Waals surface area contributed by atoms with E-state index in [0.29, 0.717) is 35.9 Å². The Morgan fingerprint density at radius 3 is 2.49 bits per heavy atom. The van der Waals surface area contributed by atoms with E-state index in [0.717, 1.165) is 5.56 Å². The minimum absolute atomic E-state index is 0.0214. The molecule has 1 aliphatic rings.